The minimum absolute atomic E-state index is 0.168. The van der Waals surface area contributed by atoms with Crippen LogP contribution < -0.4 is 5.32 Å². The van der Waals surface area contributed by atoms with Crippen molar-refractivity contribution in [3.63, 3.8) is 0 Å². The second-order valence-electron chi connectivity index (χ2n) is 4.99. The van der Waals surface area contributed by atoms with Crippen LogP contribution in [0.1, 0.15) is 26.2 Å². The summed E-state index contributed by atoms with van der Waals surface area (Å²) in [7, 11) is -2.21. The SMILES string of the molecule is CCCCCNC(=O)CN(C)S(=O)(=O)c1ccc(SC)cc1. The second kappa shape index (κ2) is 9.17. The van der Waals surface area contributed by atoms with Gasteiger partial charge >= 0.3 is 0 Å². The highest BCUT2D eigenvalue weighted by Gasteiger charge is 2.22. The van der Waals surface area contributed by atoms with Crippen molar-refractivity contribution in [3.05, 3.63) is 24.3 Å². The third-order valence-corrected chi connectivity index (χ3v) is 5.80. The number of nitrogens with zero attached hydrogens (tertiary/aromatic N) is 1. The molecule has 0 atom stereocenters. The molecule has 0 aromatic heterocycles. The fourth-order valence-corrected chi connectivity index (χ4v) is 3.41. The molecule has 124 valence electrons. The summed E-state index contributed by atoms with van der Waals surface area (Å²) < 4.78 is 25.8. The summed E-state index contributed by atoms with van der Waals surface area (Å²) in [6.07, 6.45) is 4.97. The molecule has 0 saturated heterocycles. The zero-order valence-corrected chi connectivity index (χ0v) is 15.0. The predicted molar refractivity (Wildman–Crippen MR) is 90.6 cm³/mol. The molecule has 1 rings (SSSR count). The van der Waals surface area contributed by atoms with Gasteiger partial charge in [-0.2, -0.15) is 4.31 Å². The molecule has 0 bridgehead atoms. The Morgan fingerprint density at radius 1 is 1.23 bits per heavy atom. The lowest BCUT2D eigenvalue weighted by molar-refractivity contribution is -0.121. The van der Waals surface area contributed by atoms with Gasteiger partial charge in [0, 0.05) is 18.5 Å². The van der Waals surface area contributed by atoms with Crippen molar-refractivity contribution >= 4 is 27.7 Å². The number of hydrogen-bond acceptors (Lipinski definition) is 4. The van der Waals surface area contributed by atoms with Gasteiger partial charge in [0.05, 0.1) is 11.4 Å². The van der Waals surface area contributed by atoms with Gasteiger partial charge in [0.25, 0.3) is 0 Å². The van der Waals surface area contributed by atoms with Gasteiger partial charge in [0.2, 0.25) is 15.9 Å². The Morgan fingerprint density at radius 2 is 1.86 bits per heavy atom. The van der Waals surface area contributed by atoms with E-state index in [1.807, 2.05) is 6.26 Å². The van der Waals surface area contributed by atoms with E-state index in [1.54, 1.807) is 36.0 Å². The molecule has 1 aromatic rings. The molecular formula is C15H24N2O3S2. The van der Waals surface area contributed by atoms with E-state index in [9.17, 15) is 13.2 Å². The first kappa shape index (κ1) is 19.0. The first-order valence-corrected chi connectivity index (χ1v) is 9.95. The molecule has 0 spiro atoms. The first-order valence-electron chi connectivity index (χ1n) is 7.29. The zero-order valence-electron chi connectivity index (χ0n) is 13.3. The summed E-state index contributed by atoms with van der Waals surface area (Å²) in [6, 6.07) is 6.65. The van der Waals surface area contributed by atoms with Crippen molar-refractivity contribution in [2.75, 3.05) is 26.4 Å². The average molecular weight is 345 g/mol. The largest absolute Gasteiger partial charge is 0.355 e. The van der Waals surface area contributed by atoms with Crippen LogP contribution in [0.15, 0.2) is 34.1 Å². The average Bonchev–Trinajstić information content (AvgIpc) is 2.51. The van der Waals surface area contributed by atoms with E-state index in [2.05, 4.69) is 12.2 Å². The third-order valence-electron chi connectivity index (χ3n) is 3.24. The molecule has 0 aliphatic carbocycles. The van der Waals surface area contributed by atoms with Crippen LogP contribution in [0.5, 0.6) is 0 Å². The Kier molecular flexibility index (Phi) is 7.92. The Balaban J connectivity index is 2.61. The van der Waals surface area contributed by atoms with Gasteiger partial charge in [0.15, 0.2) is 0 Å². The van der Waals surface area contributed by atoms with Crippen molar-refractivity contribution in [3.8, 4) is 0 Å². The Labute approximate surface area is 137 Å². The lowest BCUT2D eigenvalue weighted by Gasteiger charge is -2.17. The van der Waals surface area contributed by atoms with Crippen molar-refractivity contribution < 1.29 is 13.2 Å². The number of amides is 1. The van der Waals surface area contributed by atoms with E-state index in [4.69, 9.17) is 0 Å². The van der Waals surface area contributed by atoms with Gasteiger partial charge in [0.1, 0.15) is 0 Å². The van der Waals surface area contributed by atoms with Crippen molar-refractivity contribution in [1.82, 2.24) is 9.62 Å². The fraction of sp³-hybridized carbons (Fsp3) is 0.533. The standard InChI is InChI=1S/C15H24N2O3S2/c1-4-5-6-11-16-15(18)12-17(2)22(19,20)14-9-7-13(21-3)8-10-14/h7-10H,4-6,11-12H2,1-3H3,(H,16,18). The monoisotopic (exact) mass is 344 g/mol. The summed E-state index contributed by atoms with van der Waals surface area (Å²) in [5.41, 5.74) is 0. The minimum atomic E-state index is -3.63. The smallest absolute Gasteiger partial charge is 0.243 e. The maximum atomic E-state index is 12.4. The van der Waals surface area contributed by atoms with Gasteiger partial charge in [-0.15, -0.1) is 11.8 Å². The molecule has 0 aliphatic rings. The number of sulfonamides is 1. The molecule has 0 unspecified atom stereocenters. The molecule has 0 radical (unpaired) electrons. The molecule has 0 fully saturated rings. The van der Waals surface area contributed by atoms with Crippen molar-refractivity contribution in [2.24, 2.45) is 0 Å². The molecule has 0 heterocycles. The molecule has 0 saturated carbocycles. The number of unbranched alkanes of at least 4 members (excludes halogenated alkanes) is 2. The normalized spacial score (nSPS) is 11.6. The summed E-state index contributed by atoms with van der Waals surface area (Å²) >= 11 is 1.55. The summed E-state index contributed by atoms with van der Waals surface area (Å²) in [6.45, 7) is 2.51. The zero-order chi connectivity index (χ0) is 16.6. The number of thioether (sulfide) groups is 1. The highest BCUT2D eigenvalue weighted by molar-refractivity contribution is 7.98. The van der Waals surface area contributed by atoms with E-state index in [0.29, 0.717) is 6.54 Å². The molecule has 5 nitrogen and oxygen atoms in total. The molecule has 22 heavy (non-hydrogen) atoms. The lowest BCUT2D eigenvalue weighted by Crippen LogP contribution is -2.38. The van der Waals surface area contributed by atoms with Crippen LogP contribution in [0.4, 0.5) is 0 Å². The Bertz CT molecular complexity index is 571. The number of likely N-dealkylation sites (N-methyl/N-ethyl adjacent to an activating group) is 1. The predicted octanol–water partition coefficient (Wildman–Crippen LogP) is 2.34. The number of rotatable bonds is 9. The number of hydrogen-bond donors (Lipinski definition) is 1. The van der Waals surface area contributed by atoms with Crippen molar-refractivity contribution in [2.45, 2.75) is 36.0 Å². The Morgan fingerprint density at radius 3 is 2.41 bits per heavy atom. The van der Waals surface area contributed by atoms with Gasteiger partial charge in [-0.1, -0.05) is 19.8 Å². The quantitative estimate of drug-likeness (QED) is 0.551. The number of nitrogens with one attached hydrogen (secondary N) is 1. The molecule has 1 amide bonds. The van der Waals surface area contributed by atoms with E-state index < -0.39 is 10.0 Å². The van der Waals surface area contributed by atoms with Crippen LogP contribution >= 0.6 is 11.8 Å². The van der Waals surface area contributed by atoms with Crippen LogP contribution in [0.25, 0.3) is 0 Å². The third kappa shape index (κ3) is 5.62. The number of benzene rings is 1. The van der Waals surface area contributed by atoms with Crippen LogP contribution in [0.2, 0.25) is 0 Å². The van der Waals surface area contributed by atoms with Crippen LogP contribution in [-0.2, 0) is 14.8 Å². The van der Waals surface area contributed by atoms with E-state index in [0.717, 1.165) is 28.5 Å². The molecule has 7 heteroatoms. The van der Waals surface area contributed by atoms with Crippen LogP contribution in [0.3, 0.4) is 0 Å². The lowest BCUT2D eigenvalue weighted by atomic mass is 10.2. The van der Waals surface area contributed by atoms with Gasteiger partial charge < -0.3 is 5.32 Å². The topological polar surface area (TPSA) is 66.5 Å². The van der Waals surface area contributed by atoms with Gasteiger partial charge in [-0.25, -0.2) is 8.42 Å². The van der Waals surface area contributed by atoms with Gasteiger partial charge in [-0.3, -0.25) is 4.79 Å². The minimum Gasteiger partial charge on any atom is -0.355 e. The molecule has 1 aromatic carbocycles. The summed E-state index contributed by atoms with van der Waals surface area (Å²) in [5.74, 6) is -0.275. The summed E-state index contributed by atoms with van der Waals surface area (Å²) in [5, 5.41) is 2.74. The summed E-state index contributed by atoms with van der Waals surface area (Å²) in [4.78, 5) is 13.0. The Hall–Kier alpha value is -1.05. The number of carbonyl (C=O) groups excluding carboxylic acids is 1. The first-order chi connectivity index (χ1) is 10.4. The molecule has 1 N–H and O–H groups in total. The highest BCUT2D eigenvalue weighted by Crippen LogP contribution is 2.19. The highest BCUT2D eigenvalue weighted by atomic mass is 32.2. The van der Waals surface area contributed by atoms with Crippen molar-refractivity contribution in [1.29, 1.82) is 0 Å². The van der Waals surface area contributed by atoms with Crippen LogP contribution in [-0.4, -0.2) is 45.0 Å². The maximum absolute atomic E-state index is 12.4. The van der Waals surface area contributed by atoms with Gasteiger partial charge in [-0.05, 0) is 36.9 Å². The fourth-order valence-electron chi connectivity index (χ4n) is 1.87. The van der Waals surface area contributed by atoms with E-state index in [1.165, 1.54) is 7.05 Å². The molecule has 0 aliphatic heterocycles. The van der Waals surface area contributed by atoms with E-state index in [-0.39, 0.29) is 17.3 Å². The molecular weight excluding hydrogens is 320 g/mol. The maximum Gasteiger partial charge on any atom is 0.243 e. The number of carbonyl (C=O) groups is 1. The second-order valence-corrected chi connectivity index (χ2v) is 7.92. The van der Waals surface area contributed by atoms with Crippen LogP contribution in [0, 0.1) is 0 Å². The van der Waals surface area contributed by atoms with E-state index >= 15 is 0 Å².